The van der Waals surface area contributed by atoms with Crippen LogP contribution in [0.5, 0.6) is 0 Å². The highest BCUT2D eigenvalue weighted by Crippen LogP contribution is 2.42. The molecule has 5 rings (SSSR count). The van der Waals surface area contributed by atoms with Gasteiger partial charge in [-0.1, -0.05) is 66.2 Å². The van der Waals surface area contributed by atoms with E-state index >= 15 is 0 Å². The Balaban J connectivity index is 1.57. The van der Waals surface area contributed by atoms with Crippen molar-refractivity contribution in [3.63, 3.8) is 0 Å². The molecule has 0 fully saturated rings. The molecule has 1 aliphatic heterocycles. The molecule has 0 radical (unpaired) electrons. The predicted octanol–water partition coefficient (Wildman–Crippen LogP) is 6.80. The van der Waals surface area contributed by atoms with Crippen molar-refractivity contribution in [3.05, 3.63) is 94.5 Å². The molecule has 0 N–H and O–H groups in total. The van der Waals surface area contributed by atoms with E-state index in [1.807, 2.05) is 17.4 Å². The van der Waals surface area contributed by atoms with Gasteiger partial charge in [0.1, 0.15) is 0 Å². The molecular weight excluding hydrogens is 410 g/mol. The average Bonchev–Trinajstić information content (AvgIpc) is 3.11. The average molecular weight is 434 g/mol. The molecule has 2 heterocycles. The van der Waals surface area contributed by atoms with Gasteiger partial charge in [0, 0.05) is 38.1 Å². The first-order chi connectivity index (χ1) is 14.7. The summed E-state index contributed by atoms with van der Waals surface area (Å²) < 4.78 is 7.60. The van der Waals surface area contributed by atoms with E-state index in [-0.39, 0.29) is 0 Å². The first kappa shape index (κ1) is 19.8. The molecule has 3 aromatic carbocycles. The maximum Gasteiger partial charge on any atom is 0.0738 e. The number of benzene rings is 3. The summed E-state index contributed by atoms with van der Waals surface area (Å²) in [6.45, 7) is 2.19. The van der Waals surface area contributed by atoms with E-state index in [9.17, 15) is 0 Å². The highest BCUT2D eigenvalue weighted by molar-refractivity contribution is 7.22. The smallest absolute Gasteiger partial charge is 0.0738 e. The molecule has 1 aromatic heterocycles. The Morgan fingerprint density at radius 2 is 1.83 bits per heavy atom. The van der Waals surface area contributed by atoms with E-state index < -0.39 is 0 Å². The van der Waals surface area contributed by atoms with E-state index in [4.69, 9.17) is 16.3 Å². The Kier molecular flexibility index (Phi) is 5.62. The quantitative estimate of drug-likeness (QED) is 0.345. The third-order valence-electron chi connectivity index (χ3n) is 5.93. The second-order valence-corrected chi connectivity index (χ2v) is 9.47. The lowest BCUT2D eigenvalue weighted by Crippen LogP contribution is -2.37. The second-order valence-electron chi connectivity index (χ2n) is 7.98. The number of fused-ring (bicyclic) bond motifs is 5. The maximum absolute atomic E-state index is 6.34. The van der Waals surface area contributed by atoms with Gasteiger partial charge < -0.3 is 4.74 Å². The molecule has 2 nitrogen and oxygen atoms in total. The van der Waals surface area contributed by atoms with Crippen LogP contribution in [0.15, 0.2) is 72.8 Å². The van der Waals surface area contributed by atoms with Crippen LogP contribution in [0.2, 0.25) is 5.02 Å². The molecule has 0 spiro atoms. The summed E-state index contributed by atoms with van der Waals surface area (Å²) in [4.78, 5) is 3.74. The molecule has 0 aliphatic carbocycles. The topological polar surface area (TPSA) is 12.5 Å². The number of hydrogen-bond acceptors (Lipinski definition) is 3. The summed E-state index contributed by atoms with van der Waals surface area (Å²) in [5.41, 5.74) is 5.27. The summed E-state index contributed by atoms with van der Waals surface area (Å²) >= 11 is 8.18. The Labute approximate surface area is 186 Å². The number of nitrogens with zero attached hydrogens (tertiary/aromatic N) is 1. The van der Waals surface area contributed by atoms with Crippen LogP contribution in [0.1, 0.15) is 16.7 Å². The fraction of sp³-hybridized carbons (Fsp3) is 0.231. The first-order valence-corrected chi connectivity index (χ1v) is 11.5. The minimum absolute atomic E-state index is 0.315. The van der Waals surface area contributed by atoms with Crippen LogP contribution < -0.4 is 0 Å². The summed E-state index contributed by atoms with van der Waals surface area (Å²) in [6, 6.07) is 26.0. The van der Waals surface area contributed by atoms with Crippen molar-refractivity contribution in [3.8, 4) is 10.4 Å². The Bertz CT molecular complexity index is 1170. The predicted molar refractivity (Wildman–Crippen MR) is 127 cm³/mol. The van der Waals surface area contributed by atoms with Crippen LogP contribution in [0, 0.1) is 0 Å². The fourth-order valence-electron chi connectivity index (χ4n) is 4.28. The lowest BCUT2D eigenvalue weighted by atomic mass is 9.99. The van der Waals surface area contributed by atoms with Crippen LogP contribution >= 0.6 is 22.9 Å². The lowest BCUT2D eigenvalue weighted by molar-refractivity contribution is 0.0577. The maximum atomic E-state index is 6.34. The van der Waals surface area contributed by atoms with Crippen molar-refractivity contribution in [2.24, 2.45) is 0 Å². The Hall–Kier alpha value is -2.17. The number of hydrogen-bond donors (Lipinski definition) is 0. The van der Waals surface area contributed by atoms with Crippen LogP contribution in [0.4, 0.5) is 0 Å². The van der Waals surface area contributed by atoms with Crippen molar-refractivity contribution in [2.45, 2.75) is 25.6 Å². The molecule has 1 atom stereocenters. The summed E-state index contributed by atoms with van der Waals surface area (Å²) in [5.74, 6) is 0. The van der Waals surface area contributed by atoms with Crippen molar-refractivity contribution in [1.82, 2.24) is 4.90 Å². The van der Waals surface area contributed by atoms with Crippen molar-refractivity contribution in [1.29, 1.82) is 0 Å². The van der Waals surface area contributed by atoms with Crippen molar-refractivity contribution in [2.75, 3.05) is 13.7 Å². The molecule has 0 unspecified atom stereocenters. The molecule has 0 saturated carbocycles. The molecule has 0 saturated heterocycles. The normalized spacial score (nSPS) is 17.5. The second kappa shape index (κ2) is 8.52. The van der Waals surface area contributed by atoms with Gasteiger partial charge in [-0.25, -0.2) is 0 Å². The molecule has 0 amide bonds. The zero-order valence-electron chi connectivity index (χ0n) is 17.0. The largest absolute Gasteiger partial charge is 0.375 e. The number of halogens is 1. The van der Waals surface area contributed by atoms with Gasteiger partial charge in [-0.05, 0) is 48.4 Å². The van der Waals surface area contributed by atoms with Crippen LogP contribution in [-0.4, -0.2) is 24.6 Å². The van der Waals surface area contributed by atoms with E-state index in [1.165, 1.54) is 37.2 Å². The molecule has 4 aromatic rings. The van der Waals surface area contributed by atoms with Gasteiger partial charge in [-0.2, -0.15) is 0 Å². The summed E-state index contributed by atoms with van der Waals surface area (Å²) in [7, 11) is 2.21. The Morgan fingerprint density at radius 3 is 2.70 bits per heavy atom. The number of ether oxygens (including phenoxy) is 1. The minimum Gasteiger partial charge on any atom is -0.375 e. The molecule has 0 bridgehead atoms. The van der Waals surface area contributed by atoms with E-state index in [2.05, 4.69) is 78.7 Å². The van der Waals surface area contributed by atoms with Crippen molar-refractivity contribution < 1.29 is 4.74 Å². The fourth-order valence-corrected chi connectivity index (χ4v) is 5.71. The monoisotopic (exact) mass is 433 g/mol. The van der Waals surface area contributed by atoms with Crippen LogP contribution in [0.25, 0.3) is 20.5 Å². The highest BCUT2D eigenvalue weighted by atomic mass is 35.5. The van der Waals surface area contributed by atoms with Gasteiger partial charge in [-0.15, -0.1) is 11.3 Å². The third-order valence-corrected chi connectivity index (χ3v) is 7.41. The van der Waals surface area contributed by atoms with E-state index in [1.54, 1.807) is 0 Å². The minimum atomic E-state index is 0.315. The summed E-state index contributed by atoms with van der Waals surface area (Å²) in [5, 5.41) is 1.99. The van der Waals surface area contributed by atoms with E-state index in [0.29, 0.717) is 19.3 Å². The SMILES string of the molecule is CN1Cc2ccccc2-c2sc3ccc(Cl)cc3c2COC[C@@H]1Cc1ccccc1. The highest BCUT2D eigenvalue weighted by Gasteiger charge is 2.23. The number of rotatable bonds is 2. The molecule has 4 heteroatoms. The van der Waals surface area contributed by atoms with Gasteiger partial charge in [0.2, 0.25) is 0 Å². The zero-order chi connectivity index (χ0) is 20.5. The van der Waals surface area contributed by atoms with Gasteiger partial charge >= 0.3 is 0 Å². The third kappa shape index (κ3) is 3.91. The van der Waals surface area contributed by atoms with Crippen LogP contribution in [0.3, 0.4) is 0 Å². The standard InChI is InChI=1S/C26H24ClNOS/c1-28-15-19-9-5-6-10-22(19)26-24(23-14-20(27)11-12-25(23)30-26)17-29-16-21(28)13-18-7-3-2-4-8-18/h2-12,14,21H,13,15-17H2,1H3/t21-/m0/s1. The van der Waals surface area contributed by atoms with Gasteiger partial charge in [0.05, 0.1) is 13.2 Å². The lowest BCUT2D eigenvalue weighted by Gasteiger charge is -2.30. The van der Waals surface area contributed by atoms with Crippen molar-refractivity contribution >= 4 is 33.0 Å². The molecule has 30 heavy (non-hydrogen) atoms. The zero-order valence-corrected chi connectivity index (χ0v) is 18.5. The van der Waals surface area contributed by atoms with Gasteiger partial charge in [0.15, 0.2) is 0 Å². The summed E-state index contributed by atoms with van der Waals surface area (Å²) in [6.07, 6.45) is 0.975. The van der Waals surface area contributed by atoms with Gasteiger partial charge in [-0.3, -0.25) is 4.90 Å². The molecule has 152 valence electrons. The first-order valence-electron chi connectivity index (χ1n) is 10.3. The molecular formula is C26H24ClNOS. The number of thiophene rings is 1. The Morgan fingerprint density at radius 1 is 1.03 bits per heavy atom. The van der Waals surface area contributed by atoms with Crippen LogP contribution in [-0.2, 0) is 24.3 Å². The van der Waals surface area contributed by atoms with Gasteiger partial charge in [0.25, 0.3) is 0 Å². The number of likely N-dealkylation sites (N-methyl/N-ethyl adjacent to an activating group) is 1. The van der Waals surface area contributed by atoms with E-state index in [0.717, 1.165) is 18.0 Å². The molecule has 1 aliphatic rings.